The number of pyridine rings is 1. The molecule has 1 aromatic heterocycles. The van der Waals surface area contributed by atoms with E-state index in [9.17, 15) is 4.79 Å². The highest BCUT2D eigenvalue weighted by Crippen LogP contribution is 2.19. The predicted octanol–water partition coefficient (Wildman–Crippen LogP) is 1.95. The van der Waals surface area contributed by atoms with Crippen molar-refractivity contribution in [1.82, 2.24) is 20.1 Å². The first kappa shape index (κ1) is 15.8. The highest BCUT2D eigenvalue weighted by atomic mass is 16.2. The normalized spacial score (nSPS) is 15.4. The smallest absolute Gasteiger partial charge is 0.317 e. The molecular weight excluding hydrogens is 264 g/mol. The third-order valence-electron chi connectivity index (χ3n) is 3.73. The van der Waals surface area contributed by atoms with Crippen molar-refractivity contribution in [3.8, 4) is 0 Å². The second-order valence-corrected chi connectivity index (χ2v) is 6.07. The number of hydrogen-bond acceptors (Lipinski definition) is 3. The fourth-order valence-electron chi connectivity index (χ4n) is 2.65. The Morgan fingerprint density at radius 1 is 1.43 bits per heavy atom. The molecule has 0 radical (unpaired) electrons. The zero-order valence-corrected chi connectivity index (χ0v) is 13.2. The Morgan fingerprint density at radius 2 is 2.10 bits per heavy atom. The molecule has 5 heteroatoms. The Balaban J connectivity index is 1.91. The van der Waals surface area contributed by atoms with Crippen LogP contribution < -0.4 is 5.32 Å². The molecule has 21 heavy (non-hydrogen) atoms. The molecule has 1 aromatic rings. The molecular formula is C16H26N4O. The van der Waals surface area contributed by atoms with Crippen LogP contribution in [0, 0.1) is 5.92 Å². The van der Waals surface area contributed by atoms with E-state index in [2.05, 4.69) is 41.2 Å². The van der Waals surface area contributed by atoms with E-state index < -0.39 is 0 Å². The molecule has 1 aliphatic heterocycles. The van der Waals surface area contributed by atoms with Gasteiger partial charge in [-0.1, -0.05) is 13.8 Å². The van der Waals surface area contributed by atoms with Gasteiger partial charge in [-0.05, 0) is 30.5 Å². The molecule has 2 heterocycles. The van der Waals surface area contributed by atoms with E-state index >= 15 is 0 Å². The Bertz CT molecular complexity index is 443. The molecule has 1 fully saturated rings. The highest BCUT2D eigenvalue weighted by molar-refractivity contribution is 5.75. The maximum absolute atomic E-state index is 11.8. The van der Waals surface area contributed by atoms with Gasteiger partial charge >= 0.3 is 6.03 Å². The first-order chi connectivity index (χ1) is 10.1. The molecule has 0 aliphatic carbocycles. The molecule has 5 nitrogen and oxygen atoms in total. The Hall–Kier alpha value is -1.62. The Kier molecular flexibility index (Phi) is 5.56. The van der Waals surface area contributed by atoms with Crippen molar-refractivity contribution < 1.29 is 4.79 Å². The lowest BCUT2D eigenvalue weighted by atomic mass is 10.0. The molecule has 1 aliphatic rings. The third-order valence-corrected chi connectivity index (χ3v) is 3.73. The standard InChI is InChI=1S/C16H26N4O/c1-4-18-16(21)20-11-15(12-20)19(9-13(2)3)10-14-5-7-17-8-6-14/h5-8,13,15H,4,9-12H2,1-3H3,(H,18,21). The summed E-state index contributed by atoms with van der Waals surface area (Å²) in [6.07, 6.45) is 3.68. The fraction of sp³-hybridized carbons (Fsp3) is 0.625. The van der Waals surface area contributed by atoms with Crippen LogP contribution in [0.15, 0.2) is 24.5 Å². The van der Waals surface area contributed by atoms with Gasteiger partial charge in [-0.25, -0.2) is 4.79 Å². The number of rotatable bonds is 6. The van der Waals surface area contributed by atoms with Gasteiger partial charge < -0.3 is 10.2 Å². The van der Waals surface area contributed by atoms with Crippen LogP contribution in [0.4, 0.5) is 4.79 Å². The molecule has 0 spiro atoms. The summed E-state index contributed by atoms with van der Waals surface area (Å²) in [5.74, 6) is 0.616. The van der Waals surface area contributed by atoms with Gasteiger partial charge in [-0.2, -0.15) is 0 Å². The van der Waals surface area contributed by atoms with Crippen molar-refractivity contribution in [2.45, 2.75) is 33.4 Å². The van der Waals surface area contributed by atoms with Gasteiger partial charge in [-0.15, -0.1) is 0 Å². The summed E-state index contributed by atoms with van der Waals surface area (Å²) in [6.45, 7) is 10.7. The van der Waals surface area contributed by atoms with Crippen molar-refractivity contribution in [3.05, 3.63) is 30.1 Å². The lowest BCUT2D eigenvalue weighted by molar-refractivity contribution is 0.0445. The van der Waals surface area contributed by atoms with Gasteiger partial charge in [0.1, 0.15) is 0 Å². The number of likely N-dealkylation sites (tertiary alicyclic amines) is 1. The molecule has 116 valence electrons. The first-order valence-electron chi connectivity index (χ1n) is 7.75. The van der Waals surface area contributed by atoms with E-state index in [1.165, 1.54) is 5.56 Å². The van der Waals surface area contributed by atoms with Crippen molar-refractivity contribution in [2.24, 2.45) is 5.92 Å². The predicted molar refractivity (Wildman–Crippen MR) is 83.9 cm³/mol. The topological polar surface area (TPSA) is 48.5 Å². The Morgan fingerprint density at radius 3 is 2.67 bits per heavy atom. The number of amides is 2. The number of nitrogens with one attached hydrogen (secondary N) is 1. The SMILES string of the molecule is CCNC(=O)N1CC(N(Cc2ccncc2)CC(C)C)C1. The number of urea groups is 1. The summed E-state index contributed by atoms with van der Waals surface area (Å²) in [5, 5.41) is 2.86. The van der Waals surface area contributed by atoms with Crippen LogP contribution in [0.2, 0.25) is 0 Å². The van der Waals surface area contributed by atoms with Crippen LogP contribution in [0.5, 0.6) is 0 Å². The average molecular weight is 290 g/mol. The quantitative estimate of drug-likeness (QED) is 0.871. The molecule has 1 saturated heterocycles. The van der Waals surface area contributed by atoms with Crippen LogP contribution in [0.1, 0.15) is 26.3 Å². The van der Waals surface area contributed by atoms with Crippen LogP contribution in [-0.2, 0) is 6.54 Å². The number of aromatic nitrogens is 1. The molecule has 0 atom stereocenters. The summed E-state index contributed by atoms with van der Waals surface area (Å²) in [6, 6.07) is 4.64. The number of hydrogen-bond donors (Lipinski definition) is 1. The fourth-order valence-corrected chi connectivity index (χ4v) is 2.65. The van der Waals surface area contributed by atoms with Crippen molar-refractivity contribution in [1.29, 1.82) is 0 Å². The second-order valence-electron chi connectivity index (χ2n) is 6.07. The molecule has 0 saturated carbocycles. The van der Waals surface area contributed by atoms with Gasteiger partial charge in [0.15, 0.2) is 0 Å². The monoisotopic (exact) mass is 290 g/mol. The van der Waals surface area contributed by atoms with Crippen LogP contribution in [0.3, 0.4) is 0 Å². The molecule has 2 amide bonds. The van der Waals surface area contributed by atoms with Gasteiger partial charge in [-0.3, -0.25) is 9.88 Å². The number of carbonyl (C=O) groups excluding carboxylic acids is 1. The Labute approximate surface area is 127 Å². The van der Waals surface area contributed by atoms with E-state index in [0.717, 1.165) is 26.2 Å². The van der Waals surface area contributed by atoms with Crippen molar-refractivity contribution in [2.75, 3.05) is 26.2 Å². The summed E-state index contributed by atoms with van der Waals surface area (Å²) < 4.78 is 0. The third kappa shape index (κ3) is 4.43. The minimum Gasteiger partial charge on any atom is -0.338 e. The van der Waals surface area contributed by atoms with Crippen molar-refractivity contribution >= 4 is 6.03 Å². The zero-order valence-electron chi connectivity index (χ0n) is 13.2. The van der Waals surface area contributed by atoms with Gasteiger partial charge in [0.25, 0.3) is 0 Å². The number of carbonyl (C=O) groups is 1. The lowest BCUT2D eigenvalue weighted by Gasteiger charge is -2.45. The maximum Gasteiger partial charge on any atom is 0.317 e. The van der Waals surface area contributed by atoms with Crippen LogP contribution in [-0.4, -0.2) is 53.0 Å². The van der Waals surface area contributed by atoms with Gasteiger partial charge in [0, 0.05) is 51.2 Å². The average Bonchev–Trinajstić information content (AvgIpc) is 2.37. The molecule has 2 rings (SSSR count). The molecule has 0 bridgehead atoms. The van der Waals surface area contributed by atoms with E-state index in [1.807, 2.05) is 24.2 Å². The zero-order chi connectivity index (χ0) is 15.2. The van der Waals surface area contributed by atoms with Crippen molar-refractivity contribution in [3.63, 3.8) is 0 Å². The van der Waals surface area contributed by atoms with Crippen LogP contribution >= 0.6 is 0 Å². The van der Waals surface area contributed by atoms with Gasteiger partial charge in [0.2, 0.25) is 0 Å². The van der Waals surface area contributed by atoms with E-state index in [-0.39, 0.29) is 6.03 Å². The largest absolute Gasteiger partial charge is 0.338 e. The van der Waals surface area contributed by atoms with E-state index in [4.69, 9.17) is 0 Å². The van der Waals surface area contributed by atoms with E-state index in [0.29, 0.717) is 18.5 Å². The highest BCUT2D eigenvalue weighted by Gasteiger charge is 2.34. The van der Waals surface area contributed by atoms with E-state index in [1.54, 1.807) is 0 Å². The maximum atomic E-state index is 11.8. The summed E-state index contributed by atoms with van der Waals surface area (Å²) >= 11 is 0. The molecule has 0 aromatic carbocycles. The number of nitrogens with zero attached hydrogens (tertiary/aromatic N) is 3. The molecule has 1 N–H and O–H groups in total. The summed E-state index contributed by atoms with van der Waals surface area (Å²) in [7, 11) is 0. The second kappa shape index (κ2) is 7.41. The minimum atomic E-state index is 0.0576. The molecule has 0 unspecified atom stereocenters. The summed E-state index contributed by atoms with van der Waals surface area (Å²) in [4.78, 5) is 20.2. The lowest BCUT2D eigenvalue weighted by Crippen LogP contribution is -2.63. The summed E-state index contributed by atoms with van der Waals surface area (Å²) in [5.41, 5.74) is 1.28. The first-order valence-corrected chi connectivity index (χ1v) is 7.75. The van der Waals surface area contributed by atoms with Gasteiger partial charge in [0.05, 0.1) is 0 Å². The minimum absolute atomic E-state index is 0.0576. The van der Waals surface area contributed by atoms with Crippen LogP contribution in [0.25, 0.3) is 0 Å².